The molecule has 0 aliphatic carbocycles. The van der Waals surface area contributed by atoms with Gasteiger partial charge in [-0.3, -0.25) is 0 Å². The van der Waals surface area contributed by atoms with E-state index in [2.05, 4.69) is 17.4 Å². The predicted molar refractivity (Wildman–Crippen MR) is 117 cm³/mol. The smallest absolute Gasteiger partial charge is 0.336 e. The van der Waals surface area contributed by atoms with Crippen LogP contribution in [0.1, 0.15) is 17.2 Å². The van der Waals surface area contributed by atoms with Crippen molar-refractivity contribution >= 4 is 11.0 Å². The Kier molecular flexibility index (Phi) is 6.86. The lowest BCUT2D eigenvalue weighted by Gasteiger charge is -2.31. The summed E-state index contributed by atoms with van der Waals surface area (Å²) in [4.78, 5) is 13.6. The van der Waals surface area contributed by atoms with E-state index < -0.39 is 0 Å². The Morgan fingerprint density at radius 1 is 1.00 bits per heavy atom. The van der Waals surface area contributed by atoms with Crippen molar-refractivity contribution in [2.45, 2.75) is 12.6 Å². The average Bonchev–Trinajstić information content (AvgIpc) is 2.82. The van der Waals surface area contributed by atoms with Gasteiger partial charge in [-0.25, -0.2) is 4.79 Å². The Balaban J connectivity index is 1.52. The molecule has 1 aliphatic heterocycles. The summed E-state index contributed by atoms with van der Waals surface area (Å²) < 4.78 is 21.5. The van der Waals surface area contributed by atoms with Crippen molar-refractivity contribution in [3.8, 4) is 11.5 Å². The summed E-state index contributed by atoms with van der Waals surface area (Å²) in [5.74, 6) is 1.54. The summed E-state index contributed by atoms with van der Waals surface area (Å²) in [5.41, 5.74) is 2.48. The van der Waals surface area contributed by atoms with Crippen molar-refractivity contribution in [2.75, 3.05) is 47.1 Å². The van der Waals surface area contributed by atoms with Crippen LogP contribution in [0.5, 0.6) is 11.5 Å². The first-order valence-corrected chi connectivity index (χ1v) is 10.7. The molecule has 1 saturated heterocycles. The lowest BCUT2D eigenvalue weighted by molar-refractivity contribution is -0.952. The van der Waals surface area contributed by atoms with Crippen molar-refractivity contribution in [1.29, 1.82) is 0 Å². The van der Waals surface area contributed by atoms with Gasteiger partial charge in [0.05, 0.1) is 27.4 Å². The van der Waals surface area contributed by atoms with Gasteiger partial charge in [0.25, 0.3) is 0 Å². The van der Waals surface area contributed by atoms with Gasteiger partial charge in [-0.15, -0.1) is 0 Å². The Morgan fingerprint density at radius 2 is 1.71 bits per heavy atom. The largest absolute Gasteiger partial charge is 0.497 e. The molecule has 0 amide bonds. The lowest BCUT2D eigenvalue weighted by atomic mass is 10.0. The highest BCUT2D eigenvalue weighted by molar-refractivity contribution is 5.81. The summed E-state index contributed by atoms with van der Waals surface area (Å²) in [6.45, 7) is 5.15. The van der Waals surface area contributed by atoms with E-state index in [1.807, 2.05) is 24.3 Å². The molecule has 1 aromatic heterocycles. The van der Waals surface area contributed by atoms with Crippen molar-refractivity contribution in [3.63, 3.8) is 0 Å². The second-order valence-corrected chi connectivity index (χ2v) is 7.78. The molecule has 3 aromatic rings. The monoisotopic (exact) mass is 426 g/mol. The van der Waals surface area contributed by atoms with Crippen LogP contribution in [0.2, 0.25) is 0 Å². The van der Waals surface area contributed by atoms with E-state index in [9.17, 15) is 4.79 Å². The fourth-order valence-electron chi connectivity index (χ4n) is 4.27. The molecule has 0 bridgehead atoms. The van der Waals surface area contributed by atoms with E-state index in [1.165, 1.54) is 10.5 Å². The number of hydrogen-bond acceptors (Lipinski definition) is 5. The SMILES string of the molecule is COc1ccc([C@@H](C[NH2+]Cc2cc(=O)oc3cc(OC)ccc23)[NH+]2CCOCC2)cc1. The van der Waals surface area contributed by atoms with Gasteiger partial charge in [0.2, 0.25) is 0 Å². The third-order valence-corrected chi connectivity index (χ3v) is 5.95. The molecule has 7 nitrogen and oxygen atoms in total. The number of nitrogens with one attached hydrogen (secondary N) is 1. The molecule has 164 valence electrons. The molecule has 0 saturated carbocycles. The van der Waals surface area contributed by atoms with Crippen LogP contribution in [0.25, 0.3) is 11.0 Å². The zero-order valence-corrected chi connectivity index (χ0v) is 18.1. The normalized spacial score (nSPS) is 15.7. The van der Waals surface area contributed by atoms with Gasteiger partial charge < -0.3 is 28.8 Å². The highest BCUT2D eigenvalue weighted by atomic mass is 16.5. The second-order valence-electron chi connectivity index (χ2n) is 7.78. The van der Waals surface area contributed by atoms with E-state index in [-0.39, 0.29) is 5.63 Å². The molecule has 1 atom stereocenters. The van der Waals surface area contributed by atoms with Crippen LogP contribution in [-0.2, 0) is 11.3 Å². The van der Waals surface area contributed by atoms with E-state index >= 15 is 0 Å². The van der Waals surface area contributed by atoms with Gasteiger partial charge in [-0.05, 0) is 36.4 Å². The highest BCUT2D eigenvalue weighted by Crippen LogP contribution is 2.22. The minimum absolute atomic E-state index is 0.335. The maximum absolute atomic E-state index is 12.1. The van der Waals surface area contributed by atoms with Crippen LogP contribution in [0.3, 0.4) is 0 Å². The van der Waals surface area contributed by atoms with Gasteiger partial charge >= 0.3 is 5.63 Å². The van der Waals surface area contributed by atoms with Crippen molar-refractivity contribution in [1.82, 2.24) is 0 Å². The Hall–Kier alpha value is -2.87. The zero-order valence-electron chi connectivity index (χ0n) is 18.1. The Bertz CT molecular complexity index is 1060. The maximum atomic E-state index is 12.1. The van der Waals surface area contributed by atoms with Gasteiger partial charge in [0.1, 0.15) is 43.3 Å². The van der Waals surface area contributed by atoms with Crippen molar-refractivity contribution in [2.24, 2.45) is 0 Å². The van der Waals surface area contributed by atoms with Gasteiger partial charge in [0, 0.05) is 28.6 Å². The van der Waals surface area contributed by atoms with Crippen molar-refractivity contribution in [3.05, 3.63) is 70.1 Å². The first kappa shape index (κ1) is 21.4. The zero-order chi connectivity index (χ0) is 21.6. The predicted octanol–water partition coefficient (Wildman–Crippen LogP) is 0.530. The van der Waals surface area contributed by atoms with E-state index in [0.29, 0.717) is 23.9 Å². The van der Waals surface area contributed by atoms with Crippen LogP contribution < -0.4 is 25.3 Å². The quantitative estimate of drug-likeness (QED) is 0.514. The van der Waals surface area contributed by atoms with Gasteiger partial charge in [-0.2, -0.15) is 0 Å². The molecule has 0 radical (unpaired) electrons. The fourth-order valence-corrected chi connectivity index (χ4v) is 4.27. The molecule has 1 fully saturated rings. The Labute approximate surface area is 181 Å². The third-order valence-electron chi connectivity index (χ3n) is 5.95. The molecule has 2 aromatic carbocycles. The fraction of sp³-hybridized carbons (Fsp3) is 0.375. The standard InChI is InChI=1S/C24H28N2O5/c1-28-19-5-3-17(4-6-19)22(26-9-11-30-12-10-26)16-25-15-18-13-24(27)31-23-14-20(29-2)7-8-21(18)23/h3-8,13-14,22,25H,9-12,15-16H2,1-2H3/p+2/t22-/m1/s1. The number of benzene rings is 2. The second kappa shape index (κ2) is 9.96. The molecular weight excluding hydrogens is 396 g/mol. The highest BCUT2D eigenvalue weighted by Gasteiger charge is 2.28. The van der Waals surface area contributed by atoms with Gasteiger partial charge in [0.15, 0.2) is 6.04 Å². The average molecular weight is 427 g/mol. The van der Waals surface area contributed by atoms with Crippen LogP contribution >= 0.6 is 0 Å². The molecule has 3 N–H and O–H groups in total. The molecular formula is C24H30N2O5+2. The molecule has 2 heterocycles. The van der Waals surface area contributed by atoms with Crippen molar-refractivity contribution < 1.29 is 28.8 Å². The summed E-state index contributed by atoms with van der Waals surface area (Å²) in [6.07, 6.45) is 0. The van der Waals surface area contributed by atoms with Crippen LogP contribution in [0.4, 0.5) is 0 Å². The summed E-state index contributed by atoms with van der Waals surface area (Å²) in [6, 6.07) is 15.9. The first-order valence-electron chi connectivity index (χ1n) is 10.7. The number of fused-ring (bicyclic) bond motifs is 1. The number of methoxy groups -OCH3 is 2. The van der Waals surface area contributed by atoms with Crippen LogP contribution in [0.15, 0.2) is 57.7 Å². The van der Waals surface area contributed by atoms with E-state index in [0.717, 1.165) is 49.5 Å². The molecule has 0 unspecified atom stereocenters. The minimum atomic E-state index is -0.338. The molecule has 0 spiro atoms. The van der Waals surface area contributed by atoms with Crippen LogP contribution in [-0.4, -0.2) is 47.1 Å². The molecule has 31 heavy (non-hydrogen) atoms. The van der Waals surface area contributed by atoms with Crippen LogP contribution in [0, 0.1) is 0 Å². The summed E-state index contributed by atoms with van der Waals surface area (Å²) in [7, 11) is 3.29. The number of morpholine rings is 1. The number of hydrogen-bond donors (Lipinski definition) is 2. The molecule has 4 rings (SSSR count). The topological polar surface area (TPSA) is 79.0 Å². The molecule has 1 aliphatic rings. The maximum Gasteiger partial charge on any atom is 0.336 e. The number of rotatable bonds is 8. The van der Waals surface area contributed by atoms with E-state index in [4.69, 9.17) is 18.6 Å². The number of quaternary nitrogens is 2. The summed E-state index contributed by atoms with van der Waals surface area (Å²) in [5, 5.41) is 3.21. The van der Waals surface area contributed by atoms with E-state index in [1.54, 1.807) is 26.4 Å². The molecule has 7 heteroatoms. The lowest BCUT2D eigenvalue weighted by Crippen LogP contribution is -3.16. The minimum Gasteiger partial charge on any atom is -0.497 e. The number of nitrogens with two attached hydrogens (primary N) is 1. The third kappa shape index (κ3) is 5.07. The number of ether oxygens (including phenoxy) is 3. The summed E-state index contributed by atoms with van der Waals surface area (Å²) >= 11 is 0. The Morgan fingerprint density at radius 3 is 2.42 bits per heavy atom. The van der Waals surface area contributed by atoms with Gasteiger partial charge in [-0.1, -0.05) is 0 Å². The first-order chi connectivity index (χ1) is 15.2.